The Balaban J connectivity index is 2.17. The number of hydrogen-bond donors (Lipinski definition) is 1. The summed E-state index contributed by atoms with van der Waals surface area (Å²) < 4.78 is 11.0. The second-order valence-electron chi connectivity index (χ2n) is 5.05. The van der Waals surface area contributed by atoms with E-state index in [1.807, 2.05) is 0 Å². The van der Waals surface area contributed by atoms with E-state index in [1.54, 1.807) is 20.5 Å². The average Bonchev–Trinajstić information content (AvgIpc) is 2.89. The van der Waals surface area contributed by atoms with Gasteiger partial charge in [0.25, 0.3) is 0 Å². The number of methoxy groups -OCH3 is 2. The lowest BCUT2D eigenvalue weighted by molar-refractivity contribution is -0.00461. The maximum atomic E-state index is 5.48. The molecule has 0 aromatic carbocycles. The van der Waals surface area contributed by atoms with Gasteiger partial charge in [0.1, 0.15) is 30.2 Å². The molecule has 0 radical (unpaired) electrons. The highest BCUT2D eigenvalue weighted by Gasteiger charge is 2.34. The molecule has 2 heterocycles. The molecule has 6 nitrogen and oxygen atoms in total. The Labute approximate surface area is 120 Å². The zero-order chi connectivity index (χ0) is 14.5. The summed E-state index contributed by atoms with van der Waals surface area (Å²) in [6, 6.07) is 0. The van der Waals surface area contributed by atoms with Gasteiger partial charge in [-0.25, -0.2) is 9.97 Å². The first-order valence-corrected chi connectivity index (χ1v) is 7.07. The van der Waals surface area contributed by atoms with Crippen molar-refractivity contribution in [2.24, 2.45) is 0 Å². The summed E-state index contributed by atoms with van der Waals surface area (Å²) in [6.07, 6.45) is 2.85. The van der Waals surface area contributed by atoms with Crippen LogP contribution in [-0.4, -0.2) is 56.0 Å². The second kappa shape index (κ2) is 6.85. The predicted octanol–water partition coefficient (Wildman–Crippen LogP) is 1.46. The van der Waals surface area contributed by atoms with Gasteiger partial charge in [-0.2, -0.15) is 0 Å². The number of hydrogen-bond acceptors (Lipinski definition) is 6. The summed E-state index contributed by atoms with van der Waals surface area (Å²) in [5.41, 5.74) is 1.08. The second-order valence-corrected chi connectivity index (χ2v) is 5.05. The summed E-state index contributed by atoms with van der Waals surface area (Å²) in [7, 11) is 3.45. The highest BCUT2D eigenvalue weighted by molar-refractivity contribution is 5.58. The fraction of sp³-hybridized carbons (Fsp3) is 0.714. The molecule has 0 aliphatic carbocycles. The zero-order valence-corrected chi connectivity index (χ0v) is 12.7. The molecule has 0 amide bonds. The number of nitrogens with zero attached hydrogens (tertiary/aromatic N) is 3. The van der Waals surface area contributed by atoms with Gasteiger partial charge in [0.05, 0.1) is 0 Å². The van der Waals surface area contributed by atoms with Crippen LogP contribution in [0.3, 0.4) is 0 Å². The van der Waals surface area contributed by atoms with Gasteiger partial charge < -0.3 is 19.7 Å². The fourth-order valence-corrected chi connectivity index (χ4v) is 2.55. The van der Waals surface area contributed by atoms with Crippen molar-refractivity contribution in [2.75, 3.05) is 44.1 Å². The molecule has 1 N–H and O–H groups in total. The third-order valence-corrected chi connectivity index (χ3v) is 3.72. The molecule has 2 rings (SSSR count). The van der Waals surface area contributed by atoms with E-state index in [0.717, 1.165) is 43.3 Å². The average molecular weight is 280 g/mol. The van der Waals surface area contributed by atoms with Crippen LogP contribution in [0.2, 0.25) is 0 Å². The lowest BCUT2D eigenvalue weighted by atomic mass is 10.3. The monoisotopic (exact) mass is 280 g/mol. The Kier molecular flexibility index (Phi) is 5.14. The maximum Gasteiger partial charge on any atom is 0.137 e. The lowest BCUT2D eigenvalue weighted by Crippen LogP contribution is -2.27. The van der Waals surface area contributed by atoms with Crippen LogP contribution >= 0.6 is 0 Å². The van der Waals surface area contributed by atoms with Crippen LogP contribution in [0.15, 0.2) is 6.33 Å². The zero-order valence-electron chi connectivity index (χ0n) is 12.7. The van der Waals surface area contributed by atoms with Gasteiger partial charge >= 0.3 is 0 Å². The van der Waals surface area contributed by atoms with Crippen molar-refractivity contribution in [3.8, 4) is 0 Å². The molecule has 6 heteroatoms. The molecule has 1 aliphatic heterocycles. The summed E-state index contributed by atoms with van der Waals surface area (Å²) in [4.78, 5) is 10.9. The van der Waals surface area contributed by atoms with Crippen LogP contribution in [0.4, 0.5) is 11.6 Å². The van der Waals surface area contributed by atoms with E-state index in [1.165, 1.54) is 0 Å². The van der Waals surface area contributed by atoms with Crippen LogP contribution in [0.1, 0.15) is 18.9 Å². The highest BCUT2D eigenvalue weighted by atomic mass is 16.5. The maximum absolute atomic E-state index is 5.48. The van der Waals surface area contributed by atoms with E-state index >= 15 is 0 Å². The molecular formula is C14H24N4O2. The first kappa shape index (κ1) is 15.0. The normalized spacial score (nSPS) is 22.3. The number of ether oxygens (including phenoxy) is 2. The van der Waals surface area contributed by atoms with Gasteiger partial charge in [0.15, 0.2) is 0 Å². The van der Waals surface area contributed by atoms with Crippen molar-refractivity contribution in [3.05, 3.63) is 11.9 Å². The minimum Gasteiger partial charge on any atom is -0.377 e. The number of nitrogens with one attached hydrogen (secondary N) is 1. The number of rotatable bonds is 6. The van der Waals surface area contributed by atoms with Gasteiger partial charge in [-0.3, -0.25) is 0 Å². The minimum atomic E-state index is 0.0846. The Bertz CT molecular complexity index is 429. The summed E-state index contributed by atoms with van der Waals surface area (Å²) in [5.74, 6) is 1.87. The number of aromatic nitrogens is 2. The van der Waals surface area contributed by atoms with E-state index < -0.39 is 0 Å². The molecule has 112 valence electrons. The van der Waals surface area contributed by atoms with Crippen molar-refractivity contribution in [1.82, 2.24) is 9.97 Å². The quantitative estimate of drug-likeness (QED) is 0.851. The van der Waals surface area contributed by atoms with E-state index in [2.05, 4.69) is 34.0 Å². The van der Waals surface area contributed by atoms with Crippen LogP contribution < -0.4 is 10.2 Å². The first-order valence-electron chi connectivity index (χ1n) is 7.07. The molecule has 0 bridgehead atoms. The summed E-state index contributed by atoms with van der Waals surface area (Å²) in [5, 5.41) is 3.34. The van der Waals surface area contributed by atoms with Gasteiger partial charge in [-0.15, -0.1) is 0 Å². The number of anilines is 2. The summed E-state index contributed by atoms with van der Waals surface area (Å²) >= 11 is 0. The Hall–Kier alpha value is -1.40. The molecular weight excluding hydrogens is 256 g/mol. The van der Waals surface area contributed by atoms with Crippen LogP contribution in [-0.2, 0) is 9.47 Å². The van der Waals surface area contributed by atoms with Crippen LogP contribution in [0.5, 0.6) is 0 Å². The highest BCUT2D eigenvalue weighted by Crippen LogP contribution is 2.27. The first-order chi connectivity index (χ1) is 9.71. The standard InChI is InChI=1S/C14H24N4O2/c1-5-6-15-13-10(2)14(17-9-16-13)18-7-11(19-3)12(8-18)20-4/h9,11-12H,5-8H2,1-4H3,(H,15,16,17). The van der Waals surface area contributed by atoms with E-state index in [0.29, 0.717) is 0 Å². The van der Waals surface area contributed by atoms with Crippen molar-refractivity contribution >= 4 is 11.6 Å². The van der Waals surface area contributed by atoms with Crippen molar-refractivity contribution < 1.29 is 9.47 Å². The van der Waals surface area contributed by atoms with Gasteiger partial charge in [-0.05, 0) is 13.3 Å². The molecule has 1 saturated heterocycles. The SMILES string of the molecule is CCCNc1ncnc(N2CC(OC)C(OC)C2)c1C. The topological polar surface area (TPSA) is 59.5 Å². The van der Waals surface area contributed by atoms with E-state index in [-0.39, 0.29) is 12.2 Å². The van der Waals surface area contributed by atoms with E-state index in [9.17, 15) is 0 Å². The molecule has 2 unspecified atom stereocenters. The largest absolute Gasteiger partial charge is 0.377 e. The van der Waals surface area contributed by atoms with Crippen LogP contribution in [0, 0.1) is 6.92 Å². The smallest absolute Gasteiger partial charge is 0.137 e. The van der Waals surface area contributed by atoms with E-state index in [4.69, 9.17) is 9.47 Å². The lowest BCUT2D eigenvalue weighted by Gasteiger charge is -2.20. The molecule has 1 fully saturated rings. The summed E-state index contributed by atoms with van der Waals surface area (Å²) in [6.45, 7) is 6.69. The molecule has 2 atom stereocenters. The van der Waals surface area contributed by atoms with Gasteiger partial charge in [0, 0.05) is 39.4 Å². The molecule has 1 aromatic rings. The van der Waals surface area contributed by atoms with Crippen molar-refractivity contribution in [2.45, 2.75) is 32.5 Å². The molecule has 0 saturated carbocycles. The Morgan fingerprint density at radius 2 is 1.90 bits per heavy atom. The predicted molar refractivity (Wildman–Crippen MR) is 79.4 cm³/mol. The van der Waals surface area contributed by atoms with Gasteiger partial charge in [0.2, 0.25) is 0 Å². The van der Waals surface area contributed by atoms with Gasteiger partial charge in [-0.1, -0.05) is 6.92 Å². The van der Waals surface area contributed by atoms with Crippen molar-refractivity contribution in [3.63, 3.8) is 0 Å². The molecule has 1 aliphatic rings. The minimum absolute atomic E-state index is 0.0846. The van der Waals surface area contributed by atoms with Crippen molar-refractivity contribution in [1.29, 1.82) is 0 Å². The Morgan fingerprint density at radius 3 is 2.45 bits per heavy atom. The molecule has 20 heavy (non-hydrogen) atoms. The molecule has 1 aromatic heterocycles. The third-order valence-electron chi connectivity index (χ3n) is 3.72. The molecule has 0 spiro atoms. The van der Waals surface area contributed by atoms with Crippen LogP contribution in [0.25, 0.3) is 0 Å². The fourth-order valence-electron chi connectivity index (χ4n) is 2.55. The third kappa shape index (κ3) is 3.02. The Morgan fingerprint density at radius 1 is 1.25 bits per heavy atom.